The highest BCUT2D eigenvalue weighted by Gasteiger charge is 2.10. The number of amides is 1. The number of carbonyl (C=O) groups excluding carboxylic acids is 1. The normalized spacial score (nSPS) is 16.1. The molecule has 1 amide bonds. The van der Waals surface area contributed by atoms with Crippen molar-refractivity contribution in [3.8, 4) is 0 Å². The number of benzene rings is 1. The first-order chi connectivity index (χ1) is 9.74. The lowest BCUT2D eigenvalue weighted by Gasteiger charge is -2.26. The molecule has 0 bridgehead atoms. The fourth-order valence-electron chi connectivity index (χ4n) is 2.10. The van der Waals surface area contributed by atoms with E-state index < -0.39 is 0 Å². The fraction of sp³-hybridized carbons (Fsp3) is 0.533. The van der Waals surface area contributed by atoms with Gasteiger partial charge in [-0.2, -0.15) is 11.8 Å². The van der Waals surface area contributed by atoms with Crippen molar-refractivity contribution >= 4 is 23.4 Å². The molecule has 0 aromatic heterocycles. The quantitative estimate of drug-likeness (QED) is 0.815. The molecular formula is C15H22N2O2S. The summed E-state index contributed by atoms with van der Waals surface area (Å²) in [6.07, 6.45) is 0. The van der Waals surface area contributed by atoms with Gasteiger partial charge in [-0.15, -0.1) is 0 Å². The van der Waals surface area contributed by atoms with Crippen LogP contribution in [0.4, 0.5) is 5.69 Å². The van der Waals surface area contributed by atoms with Gasteiger partial charge in [-0.25, -0.2) is 0 Å². The zero-order valence-corrected chi connectivity index (χ0v) is 12.7. The van der Waals surface area contributed by atoms with Crippen LogP contribution in [0, 0.1) is 6.92 Å². The second-order valence-electron chi connectivity index (χ2n) is 4.92. The van der Waals surface area contributed by atoms with Crippen molar-refractivity contribution < 1.29 is 9.53 Å². The van der Waals surface area contributed by atoms with Crippen LogP contribution in [-0.2, 0) is 9.53 Å². The molecule has 1 fully saturated rings. The van der Waals surface area contributed by atoms with Gasteiger partial charge < -0.3 is 10.1 Å². The minimum Gasteiger partial charge on any atom is -0.379 e. The molecule has 1 aromatic rings. The number of anilines is 1. The molecular weight excluding hydrogens is 272 g/mol. The van der Waals surface area contributed by atoms with E-state index in [4.69, 9.17) is 4.74 Å². The number of carbonyl (C=O) groups is 1. The molecule has 0 spiro atoms. The van der Waals surface area contributed by atoms with Gasteiger partial charge in [0.15, 0.2) is 0 Å². The molecule has 1 heterocycles. The smallest absolute Gasteiger partial charge is 0.234 e. The Morgan fingerprint density at radius 2 is 2.20 bits per heavy atom. The van der Waals surface area contributed by atoms with Crippen molar-refractivity contribution in [2.75, 3.05) is 49.7 Å². The number of nitrogens with zero attached hydrogens (tertiary/aromatic N) is 1. The van der Waals surface area contributed by atoms with Crippen LogP contribution >= 0.6 is 11.8 Å². The van der Waals surface area contributed by atoms with E-state index in [1.165, 1.54) is 0 Å². The molecule has 1 aliphatic rings. The number of ether oxygens (including phenoxy) is 1. The van der Waals surface area contributed by atoms with Gasteiger partial charge >= 0.3 is 0 Å². The Morgan fingerprint density at radius 3 is 2.95 bits per heavy atom. The zero-order chi connectivity index (χ0) is 14.2. The highest BCUT2D eigenvalue weighted by atomic mass is 32.2. The Balaban J connectivity index is 1.60. The summed E-state index contributed by atoms with van der Waals surface area (Å²) in [5.74, 6) is 1.57. The van der Waals surface area contributed by atoms with Gasteiger partial charge in [0.2, 0.25) is 5.91 Å². The Kier molecular flexibility index (Phi) is 6.36. The molecule has 1 N–H and O–H groups in total. The third-order valence-electron chi connectivity index (χ3n) is 3.19. The number of thioether (sulfide) groups is 1. The van der Waals surface area contributed by atoms with Gasteiger partial charge in [0, 0.05) is 31.1 Å². The Labute approximate surface area is 124 Å². The van der Waals surface area contributed by atoms with E-state index in [2.05, 4.69) is 10.2 Å². The molecule has 0 atom stereocenters. The summed E-state index contributed by atoms with van der Waals surface area (Å²) in [7, 11) is 0. The molecule has 2 rings (SSSR count). The number of nitrogens with one attached hydrogen (secondary N) is 1. The summed E-state index contributed by atoms with van der Waals surface area (Å²) in [5, 5.41) is 2.93. The topological polar surface area (TPSA) is 41.6 Å². The maximum atomic E-state index is 11.8. The van der Waals surface area contributed by atoms with E-state index in [1.54, 1.807) is 11.8 Å². The average Bonchev–Trinajstić information content (AvgIpc) is 2.45. The second-order valence-corrected chi connectivity index (χ2v) is 6.03. The van der Waals surface area contributed by atoms with Gasteiger partial charge in [0.1, 0.15) is 0 Å². The van der Waals surface area contributed by atoms with Crippen LogP contribution in [-0.4, -0.2) is 55.2 Å². The predicted octanol–water partition coefficient (Wildman–Crippen LogP) is 2.00. The van der Waals surface area contributed by atoms with Gasteiger partial charge in [-0.3, -0.25) is 9.69 Å². The van der Waals surface area contributed by atoms with Crippen LogP contribution < -0.4 is 5.32 Å². The Hall–Kier alpha value is -1.04. The summed E-state index contributed by atoms with van der Waals surface area (Å²) in [6, 6.07) is 7.88. The summed E-state index contributed by atoms with van der Waals surface area (Å²) >= 11 is 1.68. The molecule has 110 valence electrons. The number of morpholine rings is 1. The highest BCUT2D eigenvalue weighted by Crippen LogP contribution is 2.10. The van der Waals surface area contributed by atoms with E-state index >= 15 is 0 Å². The van der Waals surface area contributed by atoms with E-state index in [1.807, 2.05) is 31.2 Å². The van der Waals surface area contributed by atoms with E-state index in [0.29, 0.717) is 5.75 Å². The minimum atomic E-state index is 0.0718. The standard InChI is InChI=1S/C15H22N2O2S/c1-13-3-2-4-14(11-13)16-15(18)12-20-10-7-17-5-8-19-9-6-17/h2-4,11H,5-10,12H2,1H3,(H,16,18). The molecule has 1 saturated heterocycles. The van der Waals surface area contributed by atoms with E-state index in [0.717, 1.165) is 49.9 Å². The molecule has 4 nitrogen and oxygen atoms in total. The molecule has 20 heavy (non-hydrogen) atoms. The van der Waals surface area contributed by atoms with Gasteiger partial charge in [0.25, 0.3) is 0 Å². The van der Waals surface area contributed by atoms with Crippen molar-refractivity contribution in [1.29, 1.82) is 0 Å². The Morgan fingerprint density at radius 1 is 1.40 bits per heavy atom. The fourth-order valence-corrected chi connectivity index (χ4v) is 2.89. The van der Waals surface area contributed by atoms with Crippen LogP contribution in [0.2, 0.25) is 0 Å². The monoisotopic (exact) mass is 294 g/mol. The molecule has 1 aromatic carbocycles. The first-order valence-corrected chi connectivity index (χ1v) is 8.14. The van der Waals surface area contributed by atoms with Crippen molar-refractivity contribution in [3.05, 3.63) is 29.8 Å². The van der Waals surface area contributed by atoms with Crippen LogP contribution in [0.15, 0.2) is 24.3 Å². The molecule has 5 heteroatoms. The Bertz CT molecular complexity index is 434. The van der Waals surface area contributed by atoms with Gasteiger partial charge in [-0.05, 0) is 24.6 Å². The van der Waals surface area contributed by atoms with Crippen LogP contribution in [0.5, 0.6) is 0 Å². The molecule has 0 aliphatic carbocycles. The number of hydrogen-bond acceptors (Lipinski definition) is 4. The predicted molar refractivity (Wildman–Crippen MR) is 84.4 cm³/mol. The lowest BCUT2D eigenvalue weighted by Crippen LogP contribution is -2.37. The van der Waals surface area contributed by atoms with Crippen LogP contribution in [0.3, 0.4) is 0 Å². The van der Waals surface area contributed by atoms with Crippen molar-refractivity contribution in [3.63, 3.8) is 0 Å². The molecule has 0 unspecified atom stereocenters. The summed E-state index contributed by atoms with van der Waals surface area (Å²) in [4.78, 5) is 14.2. The van der Waals surface area contributed by atoms with Gasteiger partial charge in [-0.1, -0.05) is 12.1 Å². The first kappa shape index (κ1) is 15.4. The third-order valence-corrected chi connectivity index (χ3v) is 4.13. The lowest BCUT2D eigenvalue weighted by atomic mass is 10.2. The maximum Gasteiger partial charge on any atom is 0.234 e. The van der Waals surface area contributed by atoms with E-state index in [9.17, 15) is 4.79 Å². The molecule has 1 aliphatic heterocycles. The third kappa shape index (κ3) is 5.53. The SMILES string of the molecule is Cc1cccc(NC(=O)CSCCN2CCOCC2)c1. The van der Waals surface area contributed by atoms with Crippen molar-refractivity contribution in [2.24, 2.45) is 0 Å². The molecule has 0 radical (unpaired) electrons. The largest absolute Gasteiger partial charge is 0.379 e. The first-order valence-electron chi connectivity index (χ1n) is 6.98. The zero-order valence-electron chi connectivity index (χ0n) is 11.9. The lowest BCUT2D eigenvalue weighted by molar-refractivity contribution is -0.113. The average molecular weight is 294 g/mol. The summed E-state index contributed by atoms with van der Waals surface area (Å²) < 4.78 is 5.31. The molecule has 0 saturated carbocycles. The van der Waals surface area contributed by atoms with Crippen molar-refractivity contribution in [1.82, 2.24) is 4.90 Å². The number of aryl methyl sites for hydroxylation is 1. The number of hydrogen-bond donors (Lipinski definition) is 1. The summed E-state index contributed by atoms with van der Waals surface area (Å²) in [5.41, 5.74) is 2.03. The maximum absolute atomic E-state index is 11.8. The minimum absolute atomic E-state index is 0.0718. The highest BCUT2D eigenvalue weighted by molar-refractivity contribution is 7.99. The van der Waals surface area contributed by atoms with E-state index in [-0.39, 0.29) is 5.91 Å². The van der Waals surface area contributed by atoms with Crippen LogP contribution in [0.1, 0.15) is 5.56 Å². The van der Waals surface area contributed by atoms with Crippen molar-refractivity contribution in [2.45, 2.75) is 6.92 Å². The second kappa shape index (κ2) is 8.29. The van der Waals surface area contributed by atoms with Crippen LogP contribution in [0.25, 0.3) is 0 Å². The van der Waals surface area contributed by atoms with Gasteiger partial charge in [0.05, 0.1) is 19.0 Å². The summed E-state index contributed by atoms with van der Waals surface area (Å²) in [6.45, 7) is 6.74. The number of rotatable bonds is 6.